The number of rotatable bonds is 14. The summed E-state index contributed by atoms with van der Waals surface area (Å²) < 4.78 is 34.2. The van der Waals surface area contributed by atoms with Crippen molar-refractivity contribution in [3.8, 4) is 5.75 Å². The molecule has 0 aliphatic rings. The van der Waals surface area contributed by atoms with Gasteiger partial charge in [-0.2, -0.15) is 0 Å². The van der Waals surface area contributed by atoms with Gasteiger partial charge in [-0.25, -0.2) is 8.42 Å². The van der Waals surface area contributed by atoms with Crippen LogP contribution in [0.3, 0.4) is 0 Å². The van der Waals surface area contributed by atoms with Gasteiger partial charge >= 0.3 is 0 Å². The Bertz CT molecular complexity index is 1530. The number of aryl methyl sites for hydroxylation is 1. The predicted molar refractivity (Wildman–Crippen MR) is 165 cm³/mol. The third-order valence-electron chi connectivity index (χ3n) is 6.91. The smallest absolute Gasteiger partial charge is 0.273 e. The number of nitrogens with zero attached hydrogens (tertiary/aromatic N) is 3. The van der Waals surface area contributed by atoms with Crippen molar-refractivity contribution in [3.05, 3.63) is 94.0 Å². The molecule has 1 N–H and O–H groups in total. The minimum Gasteiger partial charge on any atom is -0.497 e. The van der Waals surface area contributed by atoms with Gasteiger partial charge in [-0.1, -0.05) is 43.3 Å². The van der Waals surface area contributed by atoms with Gasteiger partial charge in [0, 0.05) is 24.2 Å². The first-order chi connectivity index (χ1) is 20.4. The summed E-state index contributed by atoms with van der Waals surface area (Å²) in [6.07, 6.45) is 0.746. The second-order valence-electron chi connectivity index (χ2n) is 10.3. The Hall–Kier alpha value is -4.45. The molecule has 0 bridgehead atoms. The Balaban J connectivity index is 2.07. The Morgan fingerprint density at radius 3 is 2.23 bits per heavy atom. The Morgan fingerprint density at radius 2 is 1.67 bits per heavy atom. The van der Waals surface area contributed by atoms with Gasteiger partial charge in [0.2, 0.25) is 11.8 Å². The second-order valence-corrected chi connectivity index (χ2v) is 12.2. The Morgan fingerprint density at radius 1 is 1.02 bits per heavy atom. The van der Waals surface area contributed by atoms with Crippen LogP contribution in [0, 0.1) is 17.0 Å². The lowest BCUT2D eigenvalue weighted by atomic mass is 10.1. The van der Waals surface area contributed by atoms with Crippen LogP contribution in [-0.2, 0) is 26.0 Å². The molecule has 43 heavy (non-hydrogen) atoms. The number of hydrogen-bond donors (Lipinski definition) is 1. The molecule has 0 fully saturated rings. The molecule has 0 saturated heterocycles. The molecule has 0 aliphatic heterocycles. The van der Waals surface area contributed by atoms with Gasteiger partial charge in [-0.05, 0) is 69.5 Å². The van der Waals surface area contributed by atoms with Crippen molar-refractivity contribution in [2.75, 3.05) is 24.5 Å². The monoisotopic (exact) mass is 610 g/mol. The Kier molecular flexibility index (Phi) is 11.2. The lowest BCUT2D eigenvalue weighted by Crippen LogP contribution is -2.54. The molecule has 230 valence electrons. The molecule has 0 aliphatic carbocycles. The second kappa shape index (κ2) is 14.6. The third-order valence-corrected chi connectivity index (χ3v) is 8.68. The van der Waals surface area contributed by atoms with E-state index in [9.17, 15) is 28.1 Å². The highest BCUT2D eigenvalue weighted by atomic mass is 32.2. The number of carbonyl (C=O) groups is 2. The van der Waals surface area contributed by atoms with Gasteiger partial charge < -0.3 is 15.0 Å². The van der Waals surface area contributed by atoms with Crippen molar-refractivity contribution < 1.29 is 27.7 Å². The van der Waals surface area contributed by atoms with Gasteiger partial charge in [0.25, 0.3) is 15.7 Å². The molecule has 0 spiro atoms. The van der Waals surface area contributed by atoms with Gasteiger partial charge in [-0.3, -0.25) is 24.0 Å². The van der Waals surface area contributed by atoms with Crippen molar-refractivity contribution in [2.45, 2.75) is 57.5 Å². The van der Waals surface area contributed by atoms with Gasteiger partial charge in [0.05, 0.1) is 22.6 Å². The topological polar surface area (TPSA) is 139 Å². The molecule has 11 nitrogen and oxygen atoms in total. The van der Waals surface area contributed by atoms with E-state index in [4.69, 9.17) is 4.74 Å². The maximum Gasteiger partial charge on any atom is 0.273 e. The zero-order valence-electron chi connectivity index (χ0n) is 25.0. The first kappa shape index (κ1) is 33.1. The zero-order valence-corrected chi connectivity index (χ0v) is 25.8. The van der Waals surface area contributed by atoms with Crippen molar-refractivity contribution in [3.63, 3.8) is 0 Å². The van der Waals surface area contributed by atoms with Crippen LogP contribution in [0.5, 0.6) is 5.75 Å². The number of amides is 2. The van der Waals surface area contributed by atoms with Crippen LogP contribution in [-0.4, -0.2) is 62.3 Å². The number of ether oxygens (including phenoxy) is 1. The van der Waals surface area contributed by atoms with E-state index in [1.165, 1.54) is 43.2 Å². The summed E-state index contributed by atoms with van der Waals surface area (Å²) in [6, 6.07) is 18.2. The van der Waals surface area contributed by atoms with Crippen LogP contribution in [0.15, 0.2) is 77.7 Å². The molecule has 1 unspecified atom stereocenters. The molecule has 12 heteroatoms. The number of methoxy groups -OCH3 is 1. The van der Waals surface area contributed by atoms with Crippen LogP contribution >= 0.6 is 0 Å². The number of nitro benzene ring substituents is 1. The maximum absolute atomic E-state index is 14.1. The maximum atomic E-state index is 14.1. The fourth-order valence-electron chi connectivity index (χ4n) is 4.63. The van der Waals surface area contributed by atoms with Gasteiger partial charge in [-0.15, -0.1) is 0 Å². The molecule has 0 aromatic heterocycles. The number of anilines is 1. The van der Waals surface area contributed by atoms with E-state index in [-0.39, 0.29) is 34.8 Å². The molecular weight excluding hydrogens is 572 g/mol. The molecule has 3 aromatic carbocycles. The minimum absolute atomic E-state index is 0.153. The van der Waals surface area contributed by atoms with Crippen molar-refractivity contribution in [1.82, 2.24) is 10.2 Å². The quantitative estimate of drug-likeness (QED) is 0.210. The summed E-state index contributed by atoms with van der Waals surface area (Å²) in [6.45, 7) is 6.46. The van der Waals surface area contributed by atoms with Crippen molar-refractivity contribution in [1.29, 1.82) is 0 Å². The molecule has 3 rings (SSSR count). The van der Waals surface area contributed by atoms with Crippen molar-refractivity contribution in [2.24, 2.45) is 0 Å². The SMILES string of the molecule is CCC(C(=O)NC(C)C)N(CCc1ccccc1)C(=O)CN(c1ccc(OC)cc1)S(=O)(=O)c1ccc(C)c([N+](=O)[O-])c1. The van der Waals surface area contributed by atoms with Gasteiger partial charge in [0.15, 0.2) is 0 Å². The largest absolute Gasteiger partial charge is 0.497 e. The highest BCUT2D eigenvalue weighted by Gasteiger charge is 2.34. The standard InChI is InChI=1S/C31H38N4O7S/c1-6-28(31(37)32-22(2)3)33(19-18-24-10-8-7-9-11-24)30(36)21-34(25-13-15-26(42-5)16-14-25)43(40,41)27-17-12-23(4)29(20-27)35(38)39/h7-17,20,22,28H,6,18-19,21H2,1-5H3,(H,32,37). The third kappa shape index (κ3) is 8.31. The van der Waals surface area contributed by atoms with Crippen LogP contribution in [0.25, 0.3) is 0 Å². The number of nitrogens with one attached hydrogen (secondary N) is 1. The van der Waals surface area contributed by atoms with Crippen molar-refractivity contribution >= 4 is 33.2 Å². The molecule has 2 amide bonds. The Labute approximate surface area is 252 Å². The number of benzene rings is 3. The summed E-state index contributed by atoms with van der Waals surface area (Å²) in [7, 11) is -3.01. The molecule has 3 aromatic rings. The average molecular weight is 611 g/mol. The molecule has 1 atom stereocenters. The summed E-state index contributed by atoms with van der Waals surface area (Å²) in [5.41, 5.74) is 1.04. The summed E-state index contributed by atoms with van der Waals surface area (Å²) in [5, 5.41) is 14.5. The normalized spacial score (nSPS) is 12.0. The first-order valence-electron chi connectivity index (χ1n) is 13.9. The summed E-state index contributed by atoms with van der Waals surface area (Å²) in [4.78, 5) is 39.3. The van der Waals surface area contributed by atoms with Crippen LogP contribution < -0.4 is 14.4 Å². The molecule has 0 radical (unpaired) electrons. The predicted octanol–water partition coefficient (Wildman–Crippen LogP) is 4.48. The summed E-state index contributed by atoms with van der Waals surface area (Å²) in [5.74, 6) is -0.464. The van der Waals surface area contributed by atoms with Crippen LogP contribution in [0.2, 0.25) is 0 Å². The first-order valence-corrected chi connectivity index (χ1v) is 15.4. The number of sulfonamides is 1. The van der Waals surface area contributed by atoms with E-state index >= 15 is 0 Å². The fourth-order valence-corrected chi connectivity index (χ4v) is 6.06. The average Bonchev–Trinajstić information content (AvgIpc) is 2.98. The molecular formula is C31H38N4O7S. The van der Waals surface area contributed by atoms with E-state index < -0.39 is 33.4 Å². The number of nitro groups is 1. The van der Waals surface area contributed by atoms with E-state index in [0.29, 0.717) is 24.2 Å². The summed E-state index contributed by atoms with van der Waals surface area (Å²) >= 11 is 0. The number of carbonyl (C=O) groups excluding carboxylic acids is 2. The van der Waals surface area contributed by atoms with E-state index in [2.05, 4.69) is 5.32 Å². The van der Waals surface area contributed by atoms with E-state index in [0.717, 1.165) is 15.9 Å². The van der Waals surface area contributed by atoms with E-state index in [1.807, 2.05) is 44.2 Å². The highest BCUT2D eigenvalue weighted by molar-refractivity contribution is 7.92. The van der Waals surface area contributed by atoms with Gasteiger partial charge in [0.1, 0.15) is 18.3 Å². The highest BCUT2D eigenvalue weighted by Crippen LogP contribution is 2.29. The fraction of sp³-hybridized carbons (Fsp3) is 0.355. The number of hydrogen-bond acceptors (Lipinski definition) is 7. The van der Waals surface area contributed by atoms with Crippen LogP contribution in [0.1, 0.15) is 38.3 Å². The lowest BCUT2D eigenvalue weighted by Gasteiger charge is -2.33. The molecule has 0 saturated carbocycles. The lowest BCUT2D eigenvalue weighted by molar-refractivity contribution is -0.385. The minimum atomic E-state index is -4.47. The van der Waals surface area contributed by atoms with Crippen LogP contribution in [0.4, 0.5) is 11.4 Å². The zero-order chi connectivity index (χ0) is 31.7. The molecule has 0 heterocycles. The van der Waals surface area contributed by atoms with E-state index in [1.54, 1.807) is 19.1 Å².